The molecule has 156 valence electrons. The van der Waals surface area contributed by atoms with E-state index in [0.717, 1.165) is 37.6 Å². The number of nitrogens with zero attached hydrogens (tertiary/aromatic N) is 3. The van der Waals surface area contributed by atoms with Crippen molar-refractivity contribution in [2.75, 3.05) is 18.4 Å². The van der Waals surface area contributed by atoms with E-state index in [2.05, 4.69) is 64.4 Å². The SMILES string of the molecule is Cc1cccc(C)c1NCCN(Cc1ccccn1)Cc1ccccn1.[Br-].[Br-].[Fe+2]. The number of hydrogen-bond acceptors (Lipinski definition) is 4. The van der Waals surface area contributed by atoms with Crippen molar-refractivity contribution >= 4 is 5.69 Å². The first-order valence-corrected chi connectivity index (χ1v) is 9.04. The number of para-hydroxylation sites is 1. The number of benzene rings is 1. The minimum absolute atomic E-state index is 0. The summed E-state index contributed by atoms with van der Waals surface area (Å²) in [6.07, 6.45) is 3.70. The van der Waals surface area contributed by atoms with E-state index in [0.29, 0.717) is 0 Å². The van der Waals surface area contributed by atoms with Crippen LogP contribution in [0.3, 0.4) is 0 Å². The van der Waals surface area contributed by atoms with Gasteiger partial charge in [0, 0.05) is 44.3 Å². The van der Waals surface area contributed by atoms with E-state index in [1.807, 2.05) is 36.7 Å². The van der Waals surface area contributed by atoms with Gasteiger partial charge >= 0.3 is 17.1 Å². The van der Waals surface area contributed by atoms with Crippen LogP contribution in [0, 0.1) is 13.8 Å². The largest absolute Gasteiger partial charge is 2.00 e. The number of pyridine rings is 2. The van der Waals surface area contributed by atoms with Gasteiger partial charge in [0.15, 0.2) is 0 Å². The van der Waals surface area contributed by atoms with E-state index in [-0.39, 0.29) is 51.0 Å². The Labute approximate surface area is 205 Å². The molecule has 2 aromatic heterocycles. The van der Waals surface area contributed by atoms with E-state index in [1.165, 1.54) is 16.8 Å². The molecule has 0 amide bonds. The summed E-state index contributed by atoms with van der Waals surface area (Å²) in [5, 5.41) is 3.60. The second kappa shape index (κ2) is 14.7. The summed E-state index contributed by atoms with van der Waals surface area (Å²) in [7, 11) is 0. The molecule has 0 aliphatic rings. The van der Waals surface area contributed by atoms with E-state index in [9.17, 15) is 0 Å². The van der Waals surface area contributed by atoms with Crippen LogP contribution in [0.4, 0.5) is 5.69 Å². The first kappa shape index (κ1) is 27.8. The molecule has 0 aliphatic heterocycles. The summed E-state index contributed by atoms with van der Waals surface area (Å²) < 4.78 is 0. The molecule has 29 heavy (non-hydrogen) atoms. The number of aromatic nitrogens is 2. The van der Waals surface area contributed by atoms with Gasteiger partial charge in [-0.15, -0.1) is 0 Å². The Kier molecular flexibility index (Phi) is 14.1. The third kappa shape index (κ3) is 8.97. The van der Waals surface area contributed by atoms with Gasteiger partial charge in [-0.05, 0) is 49.2 Å². The van der Waals surface area contributed by atoms with Gasteiger partial charge in [-0.1, -0.05) is 30.3 Å². The predicted molar refractivity (Wildman–Crippen MR) is 107 cm³/mol. The van der Waals surface area contributed by atoms with Gasteiger partial charge in [0.1, 0.15) is 0 Å². The Morgan fingerprint density at radius 3 is 1.72 bits per heavy atom. The van der Waals surface area contributed by atoms with Crippen molar-refractivity contribution in [3.8, 4) is 0 Å². The number of aryl methyl sites for hydroxylation is 2. The number of hydrogen-bond donors (Lipinski definition) is 1. The normalized spacial score (nSPS) is 9.76. The maximum absolute atomic E-state index is 4.47. The molecule has 1 aromatic carbocycles. The van der Waals surface area contributed by atoms with Crippen molar-refractivity contribution in [3.63, 3.8) is 0 Å². The van der Waals surface area contributed by atoms with Gasteiger partial charge in [0.2, 0.25) is 0 Å². The van der Waals surface area contributed by atoms with Gasteiger partial charge in [-0.3, -0.25) is 14.9 Å². The fourth-order valence-corrected chi connectivity index (χ4v) is 3.09. The van der Waals surface area contributed by atoms with Crippen molar-refractivity contribution in [2.24, 2.45) is 0 Å². The zero-order chi connectivity index (χ0) is 18.2. The molecule has 2 heterocycles. The molecule has 0 spiro atoms. The molecule has 0 unspecified atom stereocenters. The van der Waals surface area contributed by atoms with Crippen molar-refractivity contribution in [2.45, 2.75) is 26.9 Å². The van der Waals surface area contributed by atoms with Crippen LogP contribution in [0.25, 0.3) is 0 Å². The van der Waals surface area contributed by atoms with Crippen LogP contribution in [-0.4, -0.2) is 28.0 Å². The quantitative estimate of drug-likeness (QED) is 0.330. The fourth-order valence-electron chi connectivity index (χ4n) is 3.09. The molecule has 7 heteroatoms. The Bertz CT molecular complexity index is 758. The first-order chi connectivity index (χ1) is 12.7. The summed E-state index contributed by atoms with van der Waals surface area (Å²) >= 11 is 0. The van der Waals surface area contributed by atoms with Crippen LogP contribution in [0.1, 0.15) is 22.5 Å². The van der Waals surface area contributed by atoms with Crippen LogP contribution in [0.2, 0.25) is 0 Å². The van der Waals surface area contributed by atoms with Crippen LogP contribution < -0.4 is 39.3 Å². The second-order valence-corrected chi connectivity index (χ2v) is 6.55. The molecule has 3 aromatic rings. The summed E-state index contributed by atoms with van der Waals surface area (Å²) in [6, 6.07) is 18.5. The predicted octanol–water partition coefficient (Wildman–Crippen LogP) is -1.79. The molecule has 0 atom stereocenters. The van der Waals surface area contributed by atoms with Crippen LogP contribution >= 0.6 is 0 Å². The molecule has 0 saturated carbocycles. The zero-order valence-electron chi connectivity index (χ0n) is 16.6. The Hall–Kier alpha value is -1.24. The van der Waals surface area contributed by atoms with Gasteiger partial charge in [-0.25, -0.2) is 0 Å². The monoisotopic (exact) mass is 560 g/mol. The number of anilines is 1. The molecular formula is C22H26Br2FeN4. The third-order valence-corrected chi connectivity index (χ3v) is 4.43. The third-order valence-electron chi connectivity index (χ3n) is 4.43. The minimum atomic E-state index is 0. The zero-order valence-corrected chi connectivity index (χ0v) is 20.9. The fraction of sp³-hybridized carbons (Fsp3) is 0.273. The number of halogens is 2. The average Bonchev–Trinajstić information content (AvgIpc) is 2.66. The molecule has 0 aliphatic carbocycles. The standard InChI is InChI=1S/C22H26N4.2BrH.Fe/c1-18-8-7-9-19(2)22(18)25-14-15-26(16-20-10-3-5-12-23-20)17-21-11-4-6-13-24-21;;;/h3-13,25H,14-17H2,1-2H3;2*1H;/q;;;+2/p-2. The first-order valence-electron chi connectivity index (χ1n) is 9.04. The number of rotatable bonds is 8. The van der Waals surface area contributed by atoms with Crippen molar-refractivity contribution in [1.29, 1.82) is 0 Å². The van der Waals surface area contributed by atoms with E-state index >= 15 is 0 Å². The smallest absolute Gasteiger partial charge is 1.00 e. The molecule has 0 fully saturated rings. The second-order valence-electron chi connectivity index (χ2n) is 6.55. The van der Waals surface area contributed by atoms with Crippen molar-refractivity contribution in [1.82, 2.24) is 14.9 Å². The summed E-state index contributed by atoms with van der Waals surface area (Å²) in [4.78, 5) is 11.3. The molecule has 0 bridgehead atoms. The number of nitrogens with one attached hydrogen (secondary N) is 1. The van der Waals surface area contributed by atoms with Crippen LogP contribution in [-0.2, 0) is 30.2 Å². The summed E-state index contributed by atoms with van der Waals surface area (Å²) in [6.45, 7) is 7.72. The molecule has 0 saturated heterocycles. The van der Waals surface area contributed by atoms with E-state index in [1.54, 1.807) is 0 Å². The van der Waals surface area contributed by atoms with Crippen molar-refractivity contribution < 1.29 is 51.0 Å². The summed E-state index contributed by atoms with van der Waals surface area (Å²) in [5.74, 6) is 0. The maximum atomic E-state index is 4.47. The topological polar surface area (TPSA) is 41.0 Å². The van der Waals surface area contributed by atoms with Gasteiger partial charge in [0.25, 0.3) is 0 Å². The Balaban J connectivity index is 0.00000261. The molecule has 0 radical (unpaired) electrons. The average molecular weight is 562 g/mol. The van der Waals surface area contributed by atoms with Crippen molar-refractivity contribution in [3.05, 3.63) is 89.5 Å². The van der Waals surface area contributed by atoms with Crippen LogP contribution in [0.15, 0.2) is 67.0 Å². The Morgan fingerprint density at radius 2 is 1.28 bits per heavy atom. The molecule has 4 nitrogen and oxygen atoms in total. The molecular weight excluding hydrogens is 536 g/mol. The van der Waals surface area contributed by atoms with E-state index < -0.39 is 0 Å². The molecule has 3 rings (SSSR count). The summed E-state index contributed by atoms with van der Waals surface area (Å²) in [5.41, 5.74) is 5.96. The van der Waals surface area contributed by atoms with Gasteiger partial charge in [0.05, 0.1) is 11.4 Å². The molecule has 1 N–H and O–H groups in total. The van der Waals surface area contributed by atoms with Gasteiger partial charge < -0.3 is 39.3 Å². The maximum Gasteiger partial charge on any atom is 2.00 e. The minimum Gasteiger partial charge on any atom is -1.00 e. The van der Waals surface area contributed by atoms with Gasteiger partial charge in [-0.2, -0.15) is 0 Å². The Morgan fingerprint density at radius 1 is 0.759 bits per heavy atom. The van der Waals surface area contributed by atoms with Crippen LogP contribution in [0.5, 0.6) is 0 Å². The van der Waals surface area contributed by atoms with E-state index in [4.69, 9.17) is 0 Å².